The van der Waals surface area contributed by atoms with E-state index in [9.17, 15) is 13.2 Å². The lowest BCUT2D eigenvalue weighted by Crippen LogP contribution is -2.17. The minimum Gasteiger partial charge on any atom is -0.487 e. The van der Waals surface area contributed by atoms with Crippen LogP contribution in [0.3, 0.4) is 0 Å². The minimum atomic E-state index is -3.77. The van der Waals surface area contributed by atoms with Crippen LogP contribution in [0.4, 0.5) is 0 Å². The number of carbonyl (C=O) groups is 1. The molecule has 0 fully saturated rings. The first-order valence-electron chi connectivity index (χ1n) is 4.94. The Morgan fingerprint density at radius 3 is 2.50 bits per heavy atom. The molecule has 0 radical (unpaired) electrons. The average molecular weight is 267 g/mol. The number of carboxylic acid groups (broad SMARTS) is 1. The molecule has 6 nitrogen and oxygen atoms in total. The molecule has 0 bridgehead atoms. The standard InChI is InChI=1S/C11H9NO5S/c13-11(14)9-7-18(15,16)10(12-9)6-17-8-4-2-1-3-5-8/h1-5,7H,6H2,(H,13,14). The molecule has 1 aliphatic heterocycles. The Kier molecular flexibility index (Phi) is 3.15. The van der Waals surface area contributed by atoms with Gasteiger partial charge in [-0.1, -0.05) is 18.2 Å². The lowest BCUT2D eigenvalue weighted by atomic mass is 10.3. The van der Waals surface area contributed by atoms with Crippen molar-refractivity contribution in [2.45, 2.75) is 0 Å². The van der Waals surface area contributed by atoms with Gasteiger partial charge in [0, 0.05) is 0 Å². The number of ether oxygens (including phenoxy) is 1. The lowest BCUT2D eigenvalue weighted by molar-refractivity contribution is -0.132. The normalized spacial score (nSPS) is 16.9. The fourth-order valence-electron chi connectivity index (χ4n) is 1.31. The van der Waals surface area contributed by atoms with Crippen LogP contribution < -0.4 is 4.74 Å². The maximum absolute atomic E-state index is 11.5. The second-order valence-electron chi connectivity index (χ2n) is 3.46. The van der Waals surface area contributed by atoms with Gasteiger partial charge in [0.05, 0.1) is 5.41 Å². The highest BCUT2D eigenvalue weighted by Crippen LogP contribution is 2.16. The van der Waals surface area contributed by atoms with E-state index in [0.29, 0.717) is 11.2 Å². The topological polar surface area (TPSA) is 93.0 Å². The van der Waals surface area contributed by atoms with Crippen LogP contribution >= 0.6 is 0 Å². The fourth-order valence-corrected chi connectivity index (χ4v) is 2.35. The highest BCUT2D eigenvalue weighted by molar-refractivity contribution is 8.09. The third kappa shape index (κ3) is 2.57. The number of nitrogens with zero attached hydrogens (tertiary/aromatic N) is 1. The molecule has 94 valence electrons. The SMILES string of the molecule is O=C(O)C1=CS(=O)(=O)C(COc2ccccc2)=N1. The molecule has 1 aromatic rings. The molecule has 0 aliphatic carbocycles. The van der Waals surface area contributed by atoms with Gasteiger partial charge in [-0.15, -0.1) is 0 Å². The summed E-state index contributed by atoms with van der Waals surface area (Å²) in [5.41, 5.74) is -0.498. The summed E-state index contributed by atoms with van der Waals surface area (Å²) in [6.07, 6.45) is 0. The number of rotatable bonds is 4. The Balaban J connectivity index is 2.12. The number of para-hydroxylation sites is 1. The molecule has 0 spiro atoms. The molecule has 0 saturated heterocycles. The summed E-state index contributed by atoms with van der Waals surface area (Å²) in [4.78, 5) is 14.1. The van der Waals surface area contributed by atoms with Gasteiger partial charge in [0.15, 0.2) is 10.7 Å². The van der Waals surface area contributed by atoms with E-state index in [1.54, 1.807) is 30.3 Å². The monoisotopic (exact) mass is 267 g/mol. The third-order valence-corrected chi connectivity index (χ3v) is 3.56. The average Bonchev–Trinajstić information content (AvgIpc) is 2.64. The van der Waals surface area contributed by atoms with Gasteiger partial charge in [0.2, 0.25) is 9.84 Å². The molecule has 7 heteroatoms. The van der Waals surface area contributed by atoms with Crippen molar-refractivity contribution >= 4 is 20.9 Å². The summed E-state index contributed by atoms with van der Waals surface area (Å²) >= 11 is 0. The molecule has 0 amide bonds. The first-order valence-corrected chi connectivity index (χ1v) is 6.49. The van der Waals surface area contributed by atoms with Crippen molar-refractivity contribution in [2.24, 2.45) is 4.99 Å². The zero-order valence-electron chi connectivity index (χ0n) is 9.11. The van der Waals surface area contributed by atoms with Crippen molar-refractivity contribution in [2.75, 3.05) is 6.61 Å². The molecule has 1 aromatic carbocycles. The second kappa shape index (κ2) is 4.61. The Labute approximate surface area is 103 Å². The quantitative estimate of drug-likeness (QED) is 0.871. The van der Waals surface area contributed by atoms with E-state index >= 15 is 0 Å². The van der Waals surface area contributed by atoms with Crippen molar-refractivity contribution in [3.05, 3.63) is 41.4 Å². The van der Waals surface area contributed by atoms with E-state index < -0.39 is 21.5 Å². The fraction of sp³-hybridized carbons (Fsp3) is 0.0909. The number of hydrogen-bond donors (Lipinski definition) is 1. The van der Waals surface area contributed by atoms with Crippen LogP contribution in [-0.2, 0) is 14.6 Å². The molecule has 2 rings (SSSR count). The molecule has 0 unspecified atom stereocenters. The largest absolute Gasteiger partial charge is 0.487 e. The number of aliphatic imine (C=N–C) groups is 1. The van der Waals surface area contributed by atoms with Crippen molar-refractivity contribution < 1.29 is 23.1 Å². The highest BCUT2D eigenvalue weighted by Gasteiger charge is 2.28. The van der Waals surface area contributed by atoms with Gasteiger partial charge >= 0.3 is 5.97 Å². The van der Waals surface area contributed by atoms with E-state index in [0.717, 1.165) is 0 Å². The van der Waals surface area contributed by atoms with E-state index in [4.69, 9.17) is 9.84 Å². The van der Waals surface area contributed by atoms with E-state index in [1.165, 1.54) is 0 Å². The second-order valence-corrected chi connectivity index (χ2v) is 5.26. The zero-order valence-corrected chi connectivity index (χ0v) is 9.92. The first kappa shape index (κ1) is 12.3. The zero-order chi connectivity index (χ0) is 13.2. The van der Waals surface area contributed by atoms with Crippen LogP contribution in [0, 0.1) is 0 Å². The Morgan fingerprint density at radius 2 is 1.94 bits per heavy atom. The molecule has 18 heavy (non-hydrogen) atoms. The first-order chi connectivity index (χ1) is 8.49. The van der Waals surface area contributed by atoms with Crippen LogP contribution in [0.2, 0.25) is 0 Å². The Hall–Kier alpha value is -2.15. The van der Waals surface area contributed by atoms with Crippen molar-refractivity contribution in [1.82, 2.24) is 0 Å². The molecule has 0 saturated carbocycles. The Morgan fingerprint density at radius 1 is 1.28 bits per heavy atom. The number of sulfone groups is 1. The van der Waals surface area contributed by atoms with Crippen molar-refractivity contribution in [3.63, 3.8) is 0 Å². The summed E-state index contributed by atoms with van der Waals surface area (Å²) in [5.74, 6) is -0.896. The number of aliphatic carboxylic acids is 1. The van der Waals surface area contributed by atoms with E-state index in [-0.39, 0.29) is 11.7 Å². The maximum Gasteiger partial charge on any atom is 0.355 e. The molecular weight excluding hydrogens is 258 g/mol. The van der Waals surface area contributed by atoms with E-state index in [2.05, 4.69) is 4.99 Å². The van der Waals surface area contributed by atoms with Gasteiger partial charge in [-0.25, -0.2) is 18.2 Å². The van der Waals surface area contributed by atoms with Gasteiger partial charge in [-0.2, -0.15) is 0 Å². The molecule has 0 atom stereocenters. The molecule has 1 aliphatic rings. The molecule has 1 N–H and O–H groups in total. The third-order valence-electron chi connectivity index (χ3n) is 2.16. The van der Waals surface area contributed by atoms with Gasteiger partial charge in [0.25, 0.3) is 0 Å². The lowest BCUT2D eigenvalue weighted by Gasteiger charge is -2.04. The van der Waals surface area contributed by atoms with Gasteiger partial charge < -0.3 is 9.84 Å². The summed E-state index contributed by atoms with van der Waals surface area (Å²) in [6, 6.07) is 8.59. The summed E-state index contributed by atoms with van der Waals surface area (Å²) < 4.78 is 28.3. The van der Waals surface area contributed by atoms with Crippen LogP contribution in [0.5, 0.6) is 5.75 Å². The predicted octanol–water partition coefficient (Wildman–Crippen LogP) is 0.818. The van der Waals surface area contributed by atoms with Gasteiger partial charge in [-0.05, 0) is 12.1 Å². The number of hydrogen-bond acceptors (Lipinski definition) is 5. The molecular formula is C11H9NO5S. The summed E-state index contributed by atoms with van der Waals surface area (Å²) in [5, 5.41) is 8.99. The van der Waals surface area contributed by atoms with Crippen LogP contribution in [0.25, 0.3) is 0 Å². The van der Waals surface area contributed by atoms with Crippen LogP contribution in [-0.4, -0.2) is 31.1 Å². The molecule has 0 aromatic heterocycles. The number of benzene rings is 1. The Bertz CT molecular complexity index is 631. The summed E-state index contributed by atoms with van der Waals surface area (Å²) in [6.45, 7) is -0.292. The maximum atomic E-state index is 11.5. The van der Waals surface area contributed by atoms with Gasteiger partial charge in [0.1, 0.15) is 12.4 Å². The summed E-state index contributed by atoms with van der Waals surface area (Å²) in [7, 11) is -3.77. The van der Waals surface area contributed by atoms with Crippen LogP contribution in [0.15, 0.2) is 46.4 Å². The van der Waals surface area contributed by atoms with Crippen LogP contribution in [0.1, 0.15) is 0 Å². The van der Waals surface area contributed by atoms with Gasteiger partial charge in [-0.3, -0.25) is 0 Å². The highest BCUT2D eigenvalue weighted by atomic mass is 32.2. The molecule has 1 heterocycles. The number of carboxylic acids is 1. The van der Waals surface area contributed by atoms with Crippen molar-refractivity contribution in [1.29, 1.82) is 0 Å². The smallest absolute Gasteiger partial charge is 0.355 e. The predicted molar refractivity (Wildman–Crippen MR) is 64.0 cm³/mol. The van der Waals surface area contributed by atoms with E-state index in [1.807, 2.05) is 0 Å². The minimum absolute atomic E-state index is 0.292. The van der Waals surface area contributed by atoms with Crippen molar-refractivity contribution in [3.8, 4) is 5.75 Å².